The number of ether oxygens (including phenoxy) is 4. The lowest BCUT2D eigenvalue weighted by Gasteiger charge is -2.22. The summed E-state index contributed by atoms with van der Waals surface area (Å²) in [6.45, 7) is 4.02. The van der Waals surface area contributed by atoms with E-state index in [0.717, 1.165) is 17.7 Å². The number of carbonyl (C=O) groups is 3. The predicted molar refractivity (Wildman–Crippen MR) is 113 cm³/mol. The van der Waals surface area contributed by atoms with Crippen molar-refractivity contribution in [3.05, 3.63) is 39.8 Å². The van der Waals surface area contributed by atoms with Crippen LogP contribution in [0.5, 0.6) is 11.5 Å². The van der Waals surface area contributed by atoms with Gasteiger partial charge in [0.2, 0.25) is 6.79 Å². The van der Waals surface area contributed by atoms with E-state index in [1.807, 2.05) is 0 Å². The van der Waals surface area contributed by atoms with Gasteiger partial charge >= 0.3 is 11.9 Å². The fraction of sp³-hybridized carbons (Fsp3) is 0.409. The Kier molecular flexibility index (Phi) is 6.13. The quantitative estimate of drug-likeness (QED) is 0.673. The number of rotatable bonds is 6. The highest BCUT2D eigenvalue weighted by Crippen LogP contribution is 2.44. The van der Waals surface area contributed by atoms with Gasteiger partial charge in [0.15, 0.2) is 11.5 Å². The third-order valence-corrected chi connectivity index (χ3v) is 6.36. The van der Waals surface area contributed by atoms with Crippen molar-refractivity contribution < 1.29 is 33.3 Å². The van der Waals surface area contributed by atoms with E-state index in [1.54, 1.807) is 32.0 Å². The van der Waals surface area contributed by atoms with E-state index in [-0.39, 0.29) is 31.5 Å². The van der Waals surface area contributed by atoms with Gasteiger partial charge in [-0.15, -0.1) is 11.3 Å². The standard InChI is InChI=1S/C22H23NO7S/c1-3-27-21(25)13-6-5-7-16-17(13)18(22(26)28-4-2)20(31-16)23-19(24)12-8-9-14-15(10-12)30-11-29-14/h8-10,13H,3-7,11H2,1-2H3,(H,23,24). The number of esters is 2. The Morgan fingerprint density at radius 1 is 1.13 bits per heavy atom. The predicted octanol–water partition coefficient (Wildman–Crippen LogP) is 3.89. The molecule has 9 heteroatoms. The smallest absolute Gasteiger partial charge is 0.341 e. The number of fused-ring (bicyclic) bond motifs is 2. The van der Waals surface area contributed by atoms with E-state index in [9.17, 15) is 14.4 Å². The number of amides is 1. The van der Waals surface area contributed by atoms with Gasteiger partial charge in [0, 0.05) is 10.4 Å². The summed E-state index contributed by atoms with van der Waals surface area (Å²) in [5, 5.41) is 3.21. The molecule has 1 aromatic carbocycles. The molecule has 164 valence electrons. The van der Waals surface area contributed by atoms with Crippen molar-refractivity contribution in [2.75, 3.05) is 25.3 Å². The first kappa shape index (κ1) is 21.2. The minimum Gasteiger partial charge on any atom is -0.466 e. The Bertz CT molecular complexity index is 1030. The lowest BCUT2D eigenvalue weighted by atomic mass is 9.85. The molecule has 1 aliphatic carbocycles. The second-order valence-corrected chi connectivity index (χ2v) is 8.19. The molecule has 1 aliphatic heterocycles. The van der Waals surface area contributed by atoms with Crippen molar-refractivity contribution in [3.8, 4) is 11.5 Å². The van der Waals surface area contributed by atoms with Gasteiger partial charge in [-0.25, -0.2) is 4.79 Å². The molecule has 1 aromatic heterocycles. The van der Waals surface area contributed by atoms with E-state index in [0.29, 0.717) is 34.0 Å². The summed E-state index contributed by atoms with van der Waals surface area (Å²) >= 11 is 1.31. The Balaban J connectivity index is 1.69. The third-order valence-electron chi connectivity index (χ3n) is 5.18. The second kappa shape index (κ2) is 8.97. The molecule has 1 unspecified atom stereocenters. The summed E-state index contributed by atoms with van der Waals surface area (Å²) in [5.74, 6) is -0.790. The van der Waals surface area contributed by atoms with Gasteiger partial charge in [-0.05, 0) is 56.9 Å². The van der Waals surface area contributed by atoms with Crippen molar-refractivity contribution in [2.45, 2.75) is 39.0 Å². The fourth-order valence-corrected chi connectivity index (χ4v) is 5.13. The second-order valence-electron chi connectivity index (χ2n) is 7.08. The lowest BCUT2D eigenvalue weighted by molar-refractivity contribution is -0.145. The van der Waals surface area contributed by atoms with Crippen molar-refractivity contribution in [3.63, 3.8) is 0 Å². The number of nitrogens with one attached hydrogen (secondary N) is 1. The van der Waals surface area contributed by atoms with Gasteiger partial charge in [0.25, 0.3) is 5.91 Å². The molecule has 31 heavy (non-hydrogen) atoms. The number of benzene rings is 1. The van der Waals surface area contributed by atoms with Crippen LogP contribution in [0.4, 0.5) is 5.00 Å². The molecular formula is C22H23NO7S. The summed E-state index contributed by atoms with van der Waals surface area (Å²) in [6.07, 6.45) is 2.11. The molecule has 2 heterocycles. The summed E-state index contributed by atoms with van der Waals surface area (Å²) in [7, 11) is 0. The Morgan fingerprint density at radius 3 is 2.68 bits per heavy atom. The number of anilines is 1. The molecule has 0 spiro atoms. The fourth-order valence-electron chi connectivity index (χ4n) is 3.84. The zero-order valence-electron chi connectivity index (χ0n) is 17.3. The van der Waals surface area contributed by atoms with Crippen LogP contribution < -0.4 is 14.8 Å². The van der Waals surface area contributed by atoms with E-state index >= 15 is 0 Å². The molecule has 1 amide bonds. The van der Waals surface area contributed by atoms with Crippen molar-refractivity contribution in [1.82, 2.24) is 0 Å². The maximum absolute atomic E-state index is 12.9. The van der Waals surface area contributed by atoms with Crippen molar-refractivity contribution in [1.29, 1.82) is 0 Å². The maximum Gasteiger partial charge on any atom is 0.341 e. The summed E-state index contributed by atoms with van der Waals surface area (Å²) in [5.41, 5.74) is 1.23. The van der Waals surface area contributed by atoms with E-state index in [4.69, 9.17) is 18.9 Å². The van der Waals surface area contributed by atoms with Crippen molar-refractivity contribution in [2.24, 2.45) is 0 Å². The first-order valence-electron chi connectivity index (χ1n) is 10.2. The molecular weight excluding hydrogens is 422 g/mol. The number of thiophene rings is 1. The van der Waals surface area contributed by atoms with E-state index in [2.05, 4.69) is 5.32 Å². The van der Waals surface area contributed by atoms with Gasteiger partial charge in [-0.2, -0.15) is 0 Å². The number of carbonyl (C=O) groups excluding carboxylic acids is 3. The molecule has 1 atom stereocenters. The minimum absolute atomic E-state index is 0.111. The van der Waals surface area contributed by atoms with Crippen molar-refractivity contribution >= 4 is 34.2 Å². The van der Waals surface area contributed by atoms with Gasteiger partial charge < -0.3 is 24.3 Å². The number of hydrogen-bond donors (Lipinski definition) is 1. The average molecular weight is 445 g/mol. The SMILES string of the molecule is CCOC(=O)c1c(NC(=O)c2ccc3c(c2)OCO3)sc2c1C(C(=O)OCC)CCC2. The van der Waals surface area contributed by atoms with Crippen LogP contribution in [-0.4, -0.2) is 37.9 Å². The van der Waals surface area contributed by atoms with Crippen LogP contribution in [0.15, 0.2) is 18.2 Å². The lowest BCUT2D eigenvalue weighted by Crippen LogP contribution is -2.23. The van der Waals surface area contributed by atoms with Crippen LogP contribution in [0.25, 0.3) is 0 Å². The Labute approximate surface area is 183 Å². The molecule has 2 aliphatic rings. The molecule has 1 N–H and O–H groups in total. The molecule has 0 radical (unpaired) electrons. The first-order chi connectivity index (χ1) is 15.0. The van der Waals surface area contributed by atoms with Crippen LogP contribution in [-0.2, 0) is 20.7 Å². The molecule has 0 fully saturated rings. The summed E-state index contributed by atoms with van der Waals surface area (Å²) in [4.78, 5) is 39.2. The van der Waals surface area contributed by atoms with E-state index < -0.39 is 17.8 Å². The van der Waals surface area contributed by atoms with Crippen LogP contribution >= 0.6 is 11.3 Å². The summed E-state index contributed by atoms with van der Waals surface area (Å²) in [6, 6.07) is 4.89. The van der Waals surface area contributed by atoms with Gasteiger partial charge in [-0.3, -0.25) is 9.59 Å². The van der Waals surface area contributed by atoms with E-state index in [1.165, 1.54) is 11.3 Å². The zero-order valence-corrected chi connectivity index (χ0v) is 18.1. The molecule has 0 bridgehead atoms. The topological polar surface area (TPSA) is 100 Å². The highest BCUT2D eigenvalue weighted by Gasteiger charge is 2.37. The first-order valence-corrected chi connectivity index (χ1v) is 11.0. The van der Waals surface area contributed by atoms with Crippen LogP contribution in [0.1, 0.15) is 63.8 Å². The Hall–Kier alpha value is -3.07. The number of hydrogen-bond acceptors (Lipinski definition) is 8. The average Bonchev–Trinajstić information content (AvgIpc) is 3.37. The van der Waals surface area contributed by atoms with Crippen LogP contribution in [0.3, 0.4) is 0 Å². The number of aryl methyl sites for hydroxylation is 1. The summed E-state index contributed by atoms with van der Waals surface area (Å²) < 4.78 is 21.1. The largest absolute Gasteiger partial charge is 0.466 e. The molecule has 8 nitrogen and oxygen atoms in total. The highest BCUT2D eigenvalue weighted by atomic mass is 32.1. The molecule has 4 rings (SSSR count). The monoisotopic (exact) mass is 445 g/mol. The van der Waals surface area contributed by atoms with Gasteiger partial charge in [0.1, 0.15) is 5.00 Å². The van der Waals surface area contributed by atoms with Crippen LogP contribution in [0.2, 0.25) is 0 Å². The minimum atomic E-state index is -0.558. The van der Waals surface area contributed by atoms with Gasteiger partial charge in [-0.1, -0.05) is 0 Å². The molecule has 2 aromatic rings. The Morgan fingerprint density at radius 2 is 1.90 bits per heavy atom. The van der Waals surface area contributed by atoms with Gasteiger partial charge in [0.05, 0.1) is 24.7 Å². The maximum atomic E-state index is 12.9. The third kappa shape index (κ3) is 4.10. The highest BCUT2D eigenvalue weighted by molar-refractivity contribution is 7.17. The molecule has 0 saturated carbocycles. The van der Waals surface area contributed by atoms with Crippen LogP contribution in [0, 0.1) is 0 Å². The normalized spacial score (nSPS) is 16.4. The zero-order chi connectivity index (χ0) is 22.0. The molecule has 0 saturated heterocycles.